The van der Waals surface area contributed by atoms with Gasteiger partial charge in [0.1, 0.15) is 0 Å². The quantitative estimate of drug-likeness (QED) is 0.769. The lowest BCUT2D eigenvalue weighted by molar-refractivity contribution is 0.378. The molecule has 1 heterocycles. The lowest BCUT2D eigenvalue weighted by Gasteiger charge is -2.33. The van der Waals surface area contributed by atoms with Crippen LogP contribution in [0.5, 0.6) is 0 Å². The van der Waals surface area contributed by atoms with Crippen molar-refractivity contribution in [2.24, 2.45) is 5.92 Å². The van der Waals surface area contributed by atoms with Gasteiger partial charge in [-0.25, -0.2) is 0 Å². The molecule has 1 aliphatic rings. The van der Waals surface area contributed by atoms with Crippen LogP contribution in [0.1, 0.15) is 25.7 Å². The van der Waals surface area contributed by atoms with Crippen LogP contribution in [-0.2, 0) is 11.1 Å². The minimum Gasteiger partial charge on any atom is -0.772 e. The minimum absolute atomic E-state index is 0.318. The Hall–Kier alpha value is -0.870. The second-order valence-corrected chi connectivity index (χ2v) is 5.93. The molecule has 1 unspecified atom stereocenters. The summed E-state index contributed by atoms with van der Waals surface area (Å²) in [7, 11) is 0. The van der Waals surface area contributed by atoms with Gasteiger partial charge in [0.15, 0.2) is 0 Å². The van der Waals surface area contributed by atoms with E-state index in [9.17, 15) is 8.76 Å². The fraction of sp³-hybridized carbons (Fsp3) is 0.571. The van der Waals surface area contributed by atoms with Gasteiger partial charge >= 0.3 is 0 Å². The summed E-state index contributed by atoms with van der Waals surface area (Å²) >= 11 is -1.87. The van der Waals surface area contributed by atoms with Crippen LogP contribution >= 0.6 is 0 Å². The summed E-state index contributed by atoms with van der Waals surface area (Å²) in [5.41, 5.74) is 1.30. The van der Waals surface area contributed by atoms with Crippen molar-refractivity contribution in [1.29, 1.82) is 0 Å². The largest absolute Gasteiger partial charge is 0.772 e. The van der Waals surface area contributed by atoms with Crippen molar-refractivity contribution in [1.82, 2.24) is 0 Å². The van der Waals surface area contributed by atoms with Crippen LogP contribution in [0, 0.1) is 5.92 Å². The van der Waals surface area contributed by atoms with Gasteiger partial charge in [0.05, 0.1) is 0 Å². The molecule has 0 N–H and O–H groups in total. The van der Waals surface area contributed by atoms with Gasteiger partial charge in [-0.3, -0.25) is 4.21 Å². The number of hydrogen-bond acceptors (Lipinski definition) is 3. The molecule has 100 valence electrons. The van der Waals surface area contributed by atoms with Gasteiger partial charge in [-0.05, 0) is 43.7 Å². The van der Waals surface area contributed by atoms with Crippen LogP contribution in [0.3, 0.4) is 0 Å². The first kappa shape index (κ1) is 13.6. The molecule has 1 atom stereocenters. The zero-order valence-electron chi connectivity index (χ0n) is 10.6. The Morgan fingerprint density at radius 1 is 1.22 bits per heavy atom. The van der Waals surface area contributed by atoms with Crippen molar-refractivity contribution in [2.75, 3.05) is 23.7 Å². The third-order valence-corrected chi connectivity index (χ3v) is 4.28. The number of rotatable bonds is 5. The highest BCUT2D eigenvalue weighted by Gasteiger charge is 2.18. The van der Waals surface area contributed by atoms with Gasteiger partial charge in [0.25, 0.3) is 0 Å². The molecule has 1 aromatic rings. The van der Waals surface area contributed by atoms with E-state index in [-0.39, 0.29) is 0 Å². The molecule has 0 amide bonds. The SMILES string of the molecule is O=S([O-])CCCC1CCN(c2ccccc2)CC1. The molecule has 0 aliphatic carbocycles. The molecule has 0 aromatic heterocycles. The van der Waals surface area contributed by atoms with Crippen LogP contribution in [0.4, 0.5) is 5.69 Å². The summed E-state index contributed by atoms with van der Waals surface area (Å²) in [5.74, 6) is 1.02. The first-order valence-electron chi connectivity index (χ1n) is 6.61. The number of para-hydroxylation sites is 1. The Bertz CT molecular complexity index is 375. The first-order valence-corrected chi connectivity index (χ1v) is 7.86. The van der Waals surface area contributed by atoms with Crippen LogP contribution in [0.15, 0.2) is 30.3 Å². The lowest BCUT2D eigenvalue weighted by Crippen LogP contribution is -2.33. The highest BCUT2D eigenvalue weighted by atomic mass is 32.2. The van der Waals surface area contributed by atoms with Gasteiger partial charge in [0.2, 0.25) is 0 Å². The van der Waals surface area contributed by atoms with Crippen molar-refractivity contribution >= 4 is 16.8 Å². The molecule has 1 aliphatic heterocycles. The van der Waals surface area contributed by atoms with E-state index in [0.717, 1.165) is 25.9 Å². The zero-order valence-corrected chi connectivity index (χ0v) is 11.4. The van der Waals surface area contributed by atoms with Crippen LogP contribution in [-0.4, -0.2) is 27.6 Å². The molecular formula is C14H20NO2S-. The fourth-order valence-corrected chi connectivity index (χ4v) is 3.01. The average Bonchev–Trinajstić information content (AvgIpc) is 2.40. The summed E-state index contributed by atoms with van der Waals surface area (Å²) < 4.78 is 20.9. The van der Waals surface area contributed by atoms with E-state index >= 15 is 0 Å². The number of hydrogen-bond donors (Lipinski definition) is 0. The van der Waals surface area contributed by atoms with E-state index in [4.69, 9.17) is 0 Å². The van der Waals surface area contributed by atoms with Gasteiger partial charge < -0.3 is 9.45 Å². The maximum absolute atomic E-state index is 10.5. The molecule has 1 fully saturated rings. The van der Waals surface area contributed by atoms with Gasteiger partial charge in [0, 0.05) is 24.5 Å². The molecule has 0 radical (unpaired) electrons. The van der Waals surface area contributed by atoms with Crippen molar-refractivity contribution in [2.45, 2.75) is 25.7 Å². The average molecular weight is 266 g/mol. The Morgan fingerprint density at radius 2 is 1.89 bits per heavy atom. The molecule has 3 nitrogen and oxygen atoms in total. The van der Waals surface area contributed by atoms with E-state index in [1.165, 1.54) is 18.5 Å². The lowest BCUT2D eigenvalue weighted by atomic mass is 9.92. The van der Waals surface area contributed by atoms with E-state index in [1.807, 2.05) is 6.07 Å². The minimum atomic E-state index is -1.87. The molecule has 1 saturated heterocycles. The summed E-state index contributed by atoms with van der Waals surface area (Å²) in [6.45, 7) is 2.18. The summed E-state index contributed by atoms with van der Waals surface area (Å²) in [4.78, 5) is 2.42. The van der Waals surface area contributed by atoms with E-state index in [1.54, 1.807) is 0 Å². The van der Waals surface area contributed by atoms with Crippen LogP contribution < -0.4 is 4.90 Å². The Balaban J connectivity index is 1.73. The second-order valence-electron chi connectivity index (χ2n) is 4.92. The summed E-state index contributed by atoms with van der Waals surface area (Å²) in [6.07, 6.45) is 4.23. The maximum Gasteiger partial charge on any atom is 0.0366 e. The normalized spacial score (nSPS) is 18.8. The van der Waals surface area contributed by atoms with Crippen molar-refractivity contribution in [3.63, 3.8) is 0 Å². The topological polar surface area (TPSA) is 43.4 Å². The predicted molar refractivity (Wildman–Crippen MR) is 74.4 cm³/mol. The third-order valence-electron chi connectivity index (χ3n) is 3.66. The molecule has 0 spiro atoms. The Morgan fingerprint density at radius 3 is 2.50 bits per heavy atom. The number of piperidine rings is 1. The van der Waals surface area contributed by atoms with Crippen molar-refractivity contribution in [3.05, 3.63) is 30.3 Å². The maximum atomic E-state index is 10.5. The Kier molecular flexibility index (Phi) is 5.20. The second kappa shape index (κ2) is 6.90. The Labute approximate surface area is 111 Å². The number of benzene rings is 1. The monoisotopic (exact) mass is 266 g/mol. The fourth-order valence-electron chi connectivity index (χ4n) is 2.61. The third kappa shape index (κ3) is 4.10. The predicted octanol–water partition coefficient (Wildman–Crippen LogP) is 2.56. The van der Waals surface area contributed by atoms with E-state index < -0.39 is 11.1 Å². The molecule has 0 bridgehead atoms. The molecule has 4 heteroatoms. The van der Waals surface area contributed by atoms with E-state index in [0.29, 0.717) is 11.7 Å². The molecule has 0 saturated carbocycles. The molecular weight excluding hydrogens is 246 g/mol. The van der Waals surface area contributed by atoms with Crippen LogP contribution in [0.2, 0.25) is 0 Å². The zero-order chi connectivity index (χ0) is 12.8. The standard InChI is InChI=1S/C14H21NO2S/c16-18(17)12-4-5-13-8-10-15(11-9-13)14-6-2-1-3-7-14/h1-3,6-7,13H,4-5,8-12H2,(H,16,17)/p-1. The highest BCUT2D eigenvalue weighted by molar-refractivity contribution is 7.79. The molecule has 1 aromatic carbocycles. The molecule has 2 rings (SSSR count). The molecule has 18 heavy (non-hydrogen) atoms. The van der Waals surface area contributed by atoms with E-state index in [2.05, 4.69) is 29.2 Å². The summed E-state index contributed by atoms with van der Waals surface area (Å²) in [5, 5.41) is 0. The first-order chi connectivity index (χ1) is 8.75. The number of anilines is 1. The van der Waals surface area contributed by atoms with Crippen molar-refractivity contribution < 1.29 is 8.76 Å². The van der Waals surface area contributed by atoms with Crippen LogP contribution in [0.25, 0.3) is 0 Å². The number of nitrogens with zero attached hydrogens (tertiary/aromatic N) is 1. The van der Waals surface area contributed by atoms with Gasteiger partial charge in [-0.15, -0.1) is 0 Å². The van der Waals surface area contributed by atoms with Gasteiger partial charge in [-0.1, -0.05) is 29.3 Å². The smallest absolute Gasteiger partial charge is 0.0366 e. The van der Waals surface area contributed by atoms with Crippen molar-refractivity contribution in [3.8, 4) is 0 Å². The summed E-state index contributed by atoms with van der Waals surface area (Å²) in [6, 6.07) is 10.5. The highest BCUT2D eigenvalue weighted by Crippen LogP contribution is 2.25. The van der Waals surface area contributed by atoms with Gasteiger partial charge in [-0.2, -0.15) is 0 Å².